The monoisotopic (exact) mass is 1180 g/mol. The molecule has 0 N–H and O–H groups in total. The molecular formula is C33H99O15Si16. The van der Waals surface area contributed by atoms with Crippen molar-refractivity contribution in [2.24, 2.45) is 0 Å². The fraction of sp³-hybridized carbons (Fsp3) is 1.00. The average Bonchev–Trinajstić information content (AvgIpc) is 2.74. The average molecular weight is 1190 g/mol. The molecule has 0 aromatic carbocycles. The Labute approximate surface area is 412 Å². The van der Waals surface area contributed by atoms with Crippen LogP contribution in [0.1, 0.15) is 0 Å². The van der Waals surface area contributed by atoms with Gasteiger partial charge in [0.05, 0.1) is 0 Å². The summed E-state index contributed by atoms with van der Waals surface area (Å²) in [5.74, 6) is 0. The topological polar surface area (TPSA) is 138 Å². The van der Waals surface area contributed by atoms with Crippen LogP contribution < -0.4 is 0 Å². The minimum atomic E-state index is -2.79. The third-order valence-electron chi connectivity index (χ3n) is 7.39. The van der Waals surface area contributed by atoms with Crippen molar-refractivity contribution in [1.82, 2.24) is 0 Å². The summed E-state index contributed by atoms with van der Waals surface area (Å²) < 4.78 is 101. The van der Waals surface area contributed by atoms with E-state index >= 15 is 0 Å². The van der Waals surface area contributed by atoms with Crippen LogP contribution in [0.15, 0.2) is 0 Å². The zero-order chi connectivity index (χ0) is 51.7. The minimum absolute atomic E-state index is 0.893. The van der Waals surface area contributed by atoms with Gasteiger partial charge in [0.15, 0.2) is 17.4 Å². The Kier molecular flexibility index (Phi) is 23.6. The smallest absolute Gasteiger partial charge is 0.314 e. The van der Waals surface area contributed by atoms with E-state index in [2.05, 4.69) is 216 Å². The lowest BCUT2D eigenvalue weighted by Crippen LogP contribution is -2.63. The van der Waals surface area contributed by atoms with Crippen molar-refractivity contribution in [3.8, 4) is 0 Å². The van der Waals surface area contributed by atoms with Gasteiger partial charge in [0.2, 0.25) is 0 Å². The molecule has 0 aliphatic carbocycles. The summed E-state index contributed by atoms with van der Waals surface area (Å²) >= 11 is 0. The molecule has 0 spiro atoms. The Morgan fingerprint density at radius 3 is 0.391 bits per heavy atom. The zero-order valence-electron chi connectivity index (χ0n) is 47.1. The van der Waals surface area contributed by atoms with Gasteiger partial charge < -0.3 is 61.7 Å². The van der Waals surface area contributed by atoms with Crippen LogP contribution in [0.3, 0.4) is 0 Å². The fourth-order valence-electron chi connectivity index (χ4n) is 9.22. The molecule has 0 bridgehead atoms. The summed E-state index contributed by atoms with van der Waals surface area (Å²) in [4.78, 5) is 0. The molecule has 15 nitrogen and oxygen atoms in total. The standard InChI is InChI=1S/C33H99O15Si16/c1-49(2)34-51(6,7)36-53(10,11)38-55(14,15)40-57(18,19)42-59(22,23)44-61(26,27)46-63(30,31)48-64(32,33)47-62(28,29)45-60(24,25)43-58(20,21)41-56(16,17)39-54(12,13)37-52(8,9)35-50(3,4)5/h1-33H3. The molecule has 0 saturated carbocycles. The van der Waals surface area contributed by atoms with E-state index in [0.717, 1.165) is 0 Å². The molecule has 0 amide bonds. The first-order valence-electron chi connectivity index (χ1n) is 22.6. The third-order valence-corrected chi connectivity index (χ3v) is 66.5. The first-order chi connectivity index (χ1) is 27.3. The Morgan fingerprint density at radius 1 is 0.172 bits per heavy atom. The van der Waals surface area contributed by atoms with Gasteiger partial charge in [-0.1, -0.05) is 0 Å². The highest BCUT2D eigenvalue weighted by molar-refractivity contribution is 6.95. The summed E-state index contributed by atoms with van der Waals surface area (Å²) in [6.07, 6.45) is 0. The van der Waals surface area contributed by atoms with Crippen LogP contribution in [0.4, 0.5) is 0 Å². The van der Waals surface area contributed by atoms with E-state index in [1.807, 2.05) is 0 Å². The highest BCUT2D eigenvalue weighted by atomic mass is 28.5. The lowest BCUT2D eigenvalue weighted by molar-refractivity contribution is 0.251. The number of hydrogen-bond acceptors (Lipinski definition) is 15. The largest absolute Gasteiger partial charge is 0.437 e. The van der Waals surface area contributed by atoms with Gasteiger partial charge >= 0.3 is 120 Å². The molecule has 31 heteroatoms. The summed E-state index contributed by atoms with van der Waals surface area (Å²) in [5, 5.41) is 0. The van der Waals surface area contributed by atoms with Crippen molar-refractivity contribution in [3.63, 3.8) is 0 Å². The van der Waals surface area contributed by atoms with Gasteiger partial charge in [-0.2, -0.15) is 0 Å². The van der Waals surface area contributed by atoms with Gasteiger partial charge in [0.1, 0.15) is 0 Å². The van der Waals surface area contributed by atoms with Crippen LogP contribution >= 0.6 is 0 Å². The van der Waals surface area contributed by atoms with Crippen molar-refractivity contribution in [2.75, 3.05) is 0 Å². The highest BCUT2D eigenvalue weighted by Gasteiger charge is 2.53. The molecule has 64 heavy (non-hydrogen) atoms. The molecule has 0 atom stereocenters. The number of hydrogen-bond donors (Lipinski definition) is 0. The van der Waals surface area contributed by atoms with E-state index in [1.54, 1.807) is 0 Å². The van der Waals surface area contributed by atoms with Gasteiger partial charge in [-0.3, -0.25) is 0 Å². The van der Waals surface area contributed by atoms with Crippen LogP contribution in [0.25, 0.3) is 0 Å². The van der Waals surface area contributed by atoms with E-state index in [9.17, 15) is 0 Å². The summed E-state index contributed by atoms with van der Waals surface area (Å²) in [7, 11) is -40.0. The van der Waals surface area contributed by atoms with Crippen molar-refractivity contribution in [3.05, 3.63) is 0 Å². The van der Waals surface area contributed by atoms with Gasteiger partial charge in [-0.05, 0) is 216 Å². The van der Waals surface area contributed by atoms with Crippen LogP contribution in [0.2, 0.25) is 216 Å². The maximum absolute atomic E-state index is 6.88. The Morgan fingerprint density at radius 2 is 0.281 bits per heavy atom. The SMILES string of the molecule is C[Si](C)O[Si](C)(C)O[Si](C)(C)O[Si](C)(C)O[Si](C)(C)O[Si](C)(C)O[Si](C)(C)O[Si](C)(C)O[Si](C)(C)O[Si](C)(C)O[Si](C)(C)O[Si](C)(C)O[Si](C)(C)O[Si](C)(C)O[Si](C)(C)O[Si](C)(C)C. The molecule has 0 rings (SSSR count). The first kappa shape index (κ1) is 66.9. The van der Waals surface area contributed by atoms with Crippen molar-refractivity contribution in [2.45, 2.75) is 216 Å². The van der Waals surface area contributed by atoms with Crippen LogP contribution in [0.5, 0.6) is 0 Å². The predicted octanol–water partition coefficient (Wildman–Crippen LogP) is 12.1. The highest BCUT2D eigenvalue weighted by Crippen LogP contribution is 2.33. The maximum atomic E-state index is 6.88. The second-order valence-corrected chi connectivity index (χ2v) is 81.6. The molecule has 0 aliphatic rings. The molecule has 1 radical (unpaired) electrons. The van der Waals surface area contributed by atoms with Crippen molar-refractivity contribution >= 4 is 137 Å². The second kappa shape index (κ2) is 22.6. The second-order valence-electron chi connectivity index (χ2n) is 24.1. The Bertz CT molecular complexity index is 1490. The predicted molar refractivity (Wildman–Crippen MR) is 302 cm³/mol. The quantitative estimate of drug-likeness (QED) is 0.0630. The van der Waals surface area contributed by atoms with E-state index in [0.29, 0.717) is 0 Å². The van der Waals surface area contributed by atoms with Crippen molar-refractivity contribution in [1.29, 1.82) is 0 Å². The fourth-order valence-corrected chi connectivity index (χ4v) is 88.2. The molecule has 0 unspecified atom stereocenters. The molecule has 385 valence electrons. The Balaban J connectivity index is 5.70. The van der Waals surface area contributed by atoms with Gasteiger partial charge in [0, 0.05) is 0 Å². The normalized spacial score (nSPS) is 16.0. The molecule has 0 aliphatic heterocycles. The maximum Gasteiger partial charge on any atom is 0.314 e. The van der Waals surface area contributed by atoms with E-state index in [-0.39, 0.29) is 0 Å². The van der Waals surface area contributed by atoms with Crippen LogP contribution in [-0.4, -0.2) is 137 Å². The van der Waals surface area contributed by atoms with Gasteiger partial charge in [-0.25, -0.2) is 0 Å². The van der Waals surface area contributed by atoms with E-state index in [1.165, 1.54) is 0 Å². The molecular weight excluding hydrogens is 1090 g/mol. The Hall–Kier alpha value is 2.87. The molecule has 0 aromatic heterocycles. The van der Waals surface area contributed by atoms with Crippen LogP contribution in [-0.2, 0) is 61.7 Å². The zero-order valence-corrected chi connectivity index (χ0v) is 63.1. The summed E-state index contributed by atoms with van der Waals surface area (Å²) in [5.41, 5.74) is 0. The summed E-state index contributed by atoms with van der Waals surface area (Å²) in [6, 6.07) is 0. The molecule has 0 fully saturated rings. The first-order valence-corrected chi connectivity index (χ1v) is 67.9. The van der Waals surface area contributed by atoms with E-state index < -0.39 is 137 Å². The minimum Gasteiger partial charge on any atom is -0.437 e. The third kappa shape index (κ3) is 31.4. The van der Waals surface area contributed by atoms with Gasteiger partial charge in [0.25, 0.3) is 0 Å². The van der Waals surface area contributed by atoms with Gasteiger partial charge in [-0.15, -0.1) is 0 Å². The summed E-state index contributed by atoms with van der Waals surface area (Å²) in [6.45, 7) is 68.8. The lowest BCUT2D eigenvalue weighted by atomic mass is 11.8. The molecule has 0 aromatic rings. The molecule has 0 saturated heterocycles. The number of rotatable bonds is 30. The lowest BCUT2D eigenvalue weighted by Gasteiger charge is -2.45. The molecule has 0 heterocycles. The van der Waals surface area contributed by atoms with Crippen molar-refractivity contribution < 1.29 is 61.7 Å². The van der Waals surface area contributed by atoms with Crippen LogP contribution in [0, 0.1) is 0 Å². The van der Waals surface area contributed by atoms with E-state index in [4.69, 9.17) is 61.7 Å².